The highest BCUT2D eigenvalue weighted by molar-refractivity contribution is 14.0. The van der Waals surface area contributed by atoms with E-state index >= 15 is 0 Å². The summed E-state index contributed by atoms with van der Waals surface area (Å²) in [6.45, 7) is 7.38. The minimum Gasteiger partial charge on any atom is -0.356 e. The summed E-state index contributed by atoms with van der Waals surface area (Å²) in [7, 11) is 1.89. The number of rotatable bonds is 5. The van der Waals surface area contributed by atoms with Crippen molar-refractivity contribution in [2.24, 2.45) is 10.9 Å². The van der Waals surface area contributed by atoms with Crippen LogP contribution in [0.5, 0.6) is 0 Å². The number of thiazole rings is 1. The molecule has 1 aliphatic heterocycles. The first-order valence-corrected chi connectivity index (χ1v) is 10.5. The van der Waals surface area contributed by atoms with Crippen LogP contribution in [0.4, 0.5) is 0 Å². The van der Waals surface area contributed by atoms with Gasteiger partial charge in [0.15, 0.2) is 5.96 Å². The second-order valence-electron chi connectivity index (χ2n) is 7.00. The Morgan fingerprint density at radius 2 is 2.11 bits per heavy atom. The molecule has 1 saturated heterocycles. The largest absolute Gasteiger partial charge is 0.356 e. The van der Waals surface area contributed by atoms with Crippen LogP contribution in [0.2, 0.25) is 0 Å². The molecule has 0 bridgehead atoms. The zero-order valence-corrected chi connectivity index (χ0v) is 19.7. The molecular formula is C21H31IN4S. The van der Waals surface area contributed by atoms with Gasteiger partial charge in [-0.2, -0.15) is 0 Å². The van der Waals surface area contributed by atoms with E-state index in [9.17, 15) is 0 Å². The monoisotopic (exact) mass is 498 g/mol. The van der Waals surface area contributed by atoms with Crippen LogP contribution in [0, 0.1) is 12.8 Å². The predicted molar refractivity (Wildman–Crippen MR) is 126 cm³/mol. The van der Waals surface area contributed by atoms with Gasteiger partial charge in [0.05, 0.1) is 10.7 Å². The molecule has 27 heavy (non-hydrogen) atoms. The number of halogens is 1. The van der Waals surface area contributed by atoms with Crippen molar-refractivity contribution in [3.8, 4) is 0 Å². The molecular weight excluding hydrogens is 467 g/mol. The van der Waals surface area contributed by atoms with Gasteiger partial charge >= 0.3 is 0 Å². The highest BCUT2D eigenvalue weighted by Crippen LogP contribution is 2.34. The van der Waals surface area contributed by atoms with Gasteiger partial charge in [0.25, 0.3) is 0 Å². The zero-order chi connectivity index (χ0) is 18.4. The van der Waals surface area contributed by atoms with Crippen molar-refractivity contribution in [1.29, 1.82) is 0 Å². The minimum absolute atomic E-state index is 0. The van der Waals surface area contributed by atoms with E-state index in [1.54, 1.807) is 11.3 Å². The fourth-order valence-corrected chi connectivity index (χ4v) is 4.58. The van der Waals surface area contributed by atoms with Crippen LogP contribution in [-0.4, -0.2) is 42.5 Å². The molecule has 148 valence electrons. The van der Waals surface area contributed by atoms with Crippen molar-refractivity contribution in [2.75, 3.05) is 26.7 Å². The molecule has 2 unspecified atom stereocenters. The Hall–Kier alpha value is -1.15. The lowest BCUT2D eigenvalue weighted by atomic mass is 9.79. The van der Waals surface area contributed by atoms with E-state index in [1.165, 1.54) is 24.1 Å². The molecule has 1 aromatic heterocycles. The van der Waals surface area contributed by atoms with E-state index < -0.39 is 0 Å². The second-order valence-corrected chi connectivity index (χ2v) is 8.06. The van der Waals surface area contributed by atoms with Gasteiger partial charge in [0, 0.05) is 38.5 Å². The number of nitrogens with one attached hydrogen (secondary N) is 1. The summed E-state index contributed by atoms with van der Waals surface area (Å²) in [5, 5.41) is 6.82. The number of piperidine rings is 1. The molecule has 0 amide bonds. The third kappa shape index (κ3) is 5.91. The third-order valence-electron chi connectivity index (χ3n) is 5.33. The van der Waals surface area contributed by atoms with Gasteiger partial charge in [-0.15, -0.1) is 35.3 Å². The first-order valence-electron chi connectivity index (χ1n) is 9.62. The van der Waals surface area contributed by atoms with Crippen molar-refractivity contribution in [3.63, 3.8) is 0 Å². The fraction of sp³-hybridized carbons (Fsp3) is 0.524. The van der Waals surface area contributed by atoms with E-state index in [1.807, 2.05) is 7.05 Å². The lowest BCUT2D eigenvalue weighted by Crippen LogP contribution is -2.48. The highest BCUT2D eigenvalue weighted by atomic mass is 127. The Kier molecular flexibility index (Phi) is 9.02. The molecule has 1 N–H and O–H groups in total. The molecule has 0 aliphatic carbocycles. The van der Waals surface area contributed by atoms with Gasteiger partial charge < -0.3 is 10.2 Å². The van der Waals surface area contributed by atoms with E-state index in [-0.39, 0.29) is 24.0 Å². The van der Waals surface area contributed by atoms with E-state index in [0.29, 0.717) is 11.8 Å². The Morgan fingerprint density at radius 1 is 1.33 bits per heavy atom. The summed E-state index contributed by atoms with van der Waals surface area (Å²) in [5.41, 5.74) is 2.66. The lowest BCUT2D eigenvalue weighted by molar-refractivity contribution is 0.216. The van der Waals surface area contributed by atoms with Crippen LogP contribution in [-0.2, 0) is 6.42 Å². The number of nitrogens with zero attached hydrogens (tertiary/aromatic N) is 3. The number of hydrogen-bond acceptors (Lipinski definition) is 3. The van der Waals surface area contributed by atoms with E-state index in [0.717, 1.165) is 37.0 Å². The van der Waals surface area contributed by atoms with Gasteiger partial charge in [-0.05, 0) is 30.7 Å². The normalized spacial score (nSPS) is 20.3. The molecule has 4 nitrogen and oxygen atoms in total. The molecule has 3 rings (SSSR count). The van der Waals surface area contributed by atoms with Gasteiger partial charge in [-0.25, -0.2) is 4.98 Å². The zero-order valence-electron chi connectivity index (χ0n) is 16.5. The molecule has 2 heterocycles. The molecule has 6 heteroatoms. The van der Waals surface area contributed by atoms with Crippen LogP contribution < -0.4 is 5.32 Å². The molecule has 1 fully saturated rings. The maximum atomic E-state index is 4.54. The fourth-order valence-electron chi connectivity index (χ4n) is 3.93. The van der Waals surface area contributed by atoms with E-state index in [2.05, 4.69) is 69.8 Å². The summed E-state index contributed by atoms with van der Waals surface area (Å²) in [6.07, 6.45) is 3.33. The Balaban J connectivity index is 0.00000261. The average Bonchev–Trinajstić information content (AvgIpc) is 3.10. The highest BCUT2D eigenvalue weighted by Gasteiger charge is 2.30. The smallest absolute Gasteiger partial charge is 0.193 e. The molecule has 0 saturated carbocycles. The summed E-state index contributed by atoms with van der Waals surface area (Å²) >= 11 is 1.72. The average molecular weight is 498 g/mol. The number of hydrogen-bond donors (Lipinski definition) is 1. The summed E-state index contributed by atoms with van der Waals surface area (Å²) in [6, 6.07) is 11.0. The van der Waals surface area contributed by atoms with Crippen molar-refractivity contribution in [3.05, 3.63) is 52.0 Å². The van der Waals surface area contributed by atoms with Crippen LogP contribution in [0.15, 0.2) is 40.7 Å². The number of aryl methyl sites for hydroxylation is 1. The summed E-state index contributed by atoms with van der Waals surface area (Å²) in [5.74, 6) is 2.36. The van der Waals surface area contributed by atoms with Gasteiger partial charge in [0.1, 0.15) is 0 Å². The summed E-state index contributed by atoms with van der Waals surface area (Å²) in [4.78, 5) is 11.5. The molecule has 1 aliphatic rings. The van der Waals surface area contributed by atoms with Gasteiger partial charge in [-0.1, -0.05) is 43.7 Å². The standard InChI is InChI=1S/C21H30N4S.HI/c1-4-17-14-25(13-11-20(17)18-8-6-5-7-9-18)21(22-3)23-12-10-19-15-26-16(2)24-19;/h5-9,15,17,20H,4,10-14H2,1-3H3,(H,22,23);1H. The topological polar surface area (TPSA) is 40.5 Å². The maximum Gasteiger partial charge on any atom is 0.193 e. The van der Waals surface area contributed by atoms with Gasteiger partial charge in [0.2, 0.25) is 0 Å². The van der Waals surface area contributed by atoms with Crippen molar-refractivity contribution < 1.29 is 0 Å². The Labute approximate surface area is 184 Å². The number of benzene rings is 1. The predicted octanol–water partition coefficient (Wildman–Crippen LogP) is 4.70. The Morgan fingerprint density at radius 3 is 2.74 bits per heavy atom. The molecule has 1 aromatic carbocycles. The lowest BCUT2D eigenvalue weighted by Gasteiger charge is -2.40. The number of aromatic nitrogens is 1. The Bertz CT molecular complexity index is 716. The summed E-state index contributed by atoms with van der Waals surface area (Å²) < 4.78 is 0. The number of aliphatic imine (C=N–C) groups is 1. The molecule has 2 aromatic rings. The van der Waals surface area contributed by atoms with Crippen LogP contribution in [0.1, 0.15) is 41.9 Å². The van der Waals surface area contributed by atoms with Gasteiger partial charge in [-0.3, -0.25) is 4.99 Å². The van der Waals surface area contributed by atoms with Crippen LogP contribution in [0.3, 0.4) is 0 Å². The molecule has 0 spiro atoms. The van der Waals surface area contributed by atoms with Crippen molar-refractivity contribution in [1.82, 2.24) is 15.2 Å². The maximum absolute atomic E-state index is 4.54. The molecule has 0 radical (unpaired) electrons. The first-order chi connectivity index (χ1) is 12.7. The number of likely N-dealkylation sites (tertiary alicyclic amines) is 1. The number of guanidine groups is 1. The SMILES string of the molecule is CCC1CN(C(=NC)NCCc2csc(C)n2)CCC1c1ccccc1.I. The van der Waals surface area contributed by atoms with Crippen LogP contribution >= 0.6 is 35.3 Å². The first kappa shape index (κ1) is 22.1. The van der Waals surface area contributed by atoms with Crippen molar-refractivity contribution in [2.45, 2.75) is 39.0 Å². The quantitative estimate of drug-likeness (QED) is 0.369. The second kappa shape index (κ2) is 11.0. The van der Waals surface area contributed by atoms with Crippen LogP contribution in [0.25, 0.3) is 0 Å². The third-order valence-corrected chi connectivity index (χ3v) is 6.15. The minimum atomic E-state index is 0. The van der Waals surface area contributed by atoms with Crippen molar-refractivity contribution >= 4 is 41.3 Å². The molecule has 2 atom stereocenters. The van der Waals surface area contributed by atoms with E-state index in [4.69, 9.17) is 0 Å².